The van der Waals surface area contributed by atoms with Gasteiger partial charge in [-0.15, -0.1) is 0 Å². The summed E-state index contributed by atoms with van der Waals surface area (Å²) in [6.07, 6.45) is 1.62. The van der Waals surface area contributed by atoms with Crippen molar-refractivity contribution < 1.29 is 4.79 Å². The molecule has 0 aliphatic carbocycles. The molecule has 0 radical (unpaired) electrons. The summed E-state index contributed by atoms with van der Waals surface area (Å²) >= 11 is 0.926. The normalized spacial score (nSPS) is 9.20. The topological polar surface area (TPSA) is 56.0 Å². The Kier molecular flexibility index (Phi) is 2.28. The fraction of sp³-hybridized carbons (Fsp3) is 0. The molecular weight excluding hydrogens is 148 g/mol. The molecule has 3 nitrogen and oxygen atoms in total. The van der Waals surface area contributed by atoms with Crippen LogP contribution in [0.5, 0.6) is 0 Å². The van der Waals surface area contributed by atoms with Gasteiger partial charge in [0.15, 0.2) is 0 Å². The Balaban J connectivity index is 2.67. The lowest BCUT2D eigenvalue weighted by Gasteiger charge is -1.91. The van der Waals surface area contributed by atoms with Gasteiger partial charge in [0.25, 0.3) is 5.24 Å². The number of primary amides is 1. The van der Waals surface area contributed by atoms with E-state index >= 15 is 0 Å². The van der Waals surface area contributed by atoms with Crippen LogP contribution in [0.3, 0.4) is 0 Å². The molecule has 0 saturated carbocycles. The zero-order valence-electron chi connectivity index (χ0n) is 5.15. The average Bonchev–Trinajstić information content (AvgIpc) is 1.88. The van der Waals surface area contributed by atoms with Gasteiger partial charge in [0, 0.05) is 6.20 Å². The SMILES string of the molecule is NC(=O)Sc1ccccn1. The van der Waals surface area contributed by atoms with Crippen molar-refractivity contribution in [2.75, 3.05) is 0 Å². The Morgan fingerprint density at radius 2 is 2.40 bits per heavy atom. The van der Waals surface area contributed by atoms with Gasteiger partial charge >= 0.3 is 0 Å². The monoisotopic (exact) mass is 154 g/mol. The van der Waals surface area contributed by atoms with Gasteiger partial charge in [0.1, 0.15) is 5.03 Å². The van der Waals surface area contributed by atoms with Gasteiger partial charge < -0.3 is 5.73 Å². The minimum atomic E-state index is -0.432. The summed E-state index contributed by atoms with van der Waals surface area (Å²) in [4.78, 5) is 14.2. The third-order valence-electron chi connectivity index (χ3n) is 0.843. The number of carbonyl (C=O) groups excluding carboxylic acids is 1. The van der Waals surface area contributed by atoms with Gasteiger partial charge in [-0.25, -0.2) is 4.98 Å². The van der Waals surface area contributed by atoms with E-state index in [1.54, 1.807) is 24.4 Å². The first-order chi connectivity index (χ1) is 4.79. The minimum Gasteiger partial charge on any atom is -0.360 e. The summed E-state index contributed by atoms with van der Waals surface area (Å²) in [5, 5.41) is 0.203. The molecule has 0 fully saturated rings. The number of thioether (sulfide) groups is 1. The maximum Gasteiger partial charge on any atom is 0.282 e. The third-order valence-corrected chi connectivity index (χ3v) is 1.49. The van der Waals surface area contributed by atoms with Crippen LogP contribution in [0.1, 0.15) is 0 Å². The van der Waals surface area contributed by atoms with E-state index in [2.05, 4.69) is 4.98 Å². The van der Waals surface area contributed by atoms with E-state index in [4.69, 9.17) is 5.73 Å². The Hall–Kier alpha value is -1.03. The second-order valence-corrected chi connectivity index (χ2v) is 2.61. The zero-order chi connectivity index (χ0) is 7.40. The molecular formula is C6H6N2OS. The maximum atomic E-state index is 10.3. The highest BCUT2D eigenvalue weighted by molar-refractivity contribution is 8.13. The van der Waals surface area contributed by atoms with Gasteiger partial charge in [-0.05, 0) is 23.9 Å². The van der Waals surface area contributed by atoms with Crippen LogP contribution in [0.25, 0.3) is 0 Å². The Bertz CT molecular complexity index is 224. The standard InChI is InChI=1S/C6H6N2OS/c7-6(9)10-5-3-1-2-4-8-5/h1-4H,(H2,7,9). The maximum absolute atomic E-state index is 10.3. The molecule has 0 aliphatic rings. The van der Waals surface area contributed by atoms with E-state index < -0.39 is 5.24 Å². The number of amides is 1. The first-order valence-corrected chi connectivity index (χ1v) is 3.49. The number of hydrogen-bond acceptors (Lipinski definition) is 3. The second kappa shape index (κ2) is 3.22. The average molecular weight is 154 g/mol. The lowest BCUT2D eigenvalue weighted by Crippen LogP contribution is -2.01. The molecule has 1 heterocycles. The van der Waals surface area contributed by atoms with Crippen molar-refractivity contribution in [1.82, 2.24) is 4.98 Å². The third kappa shape index (κ3) is 2.06. The van der Waals surface area contributed by atoms with Crippen LogP contribution >= 0.6 is 11.8 Å². The van der Waals surface area contributed by atoms with Gasteiger partial charge in [-0.2, -0.15) is 0 Å². The molecule has 0 aromatic carbocycles. The minimum absolute atomic E-state index is 0.432. The van der Waals surface area contributed by atoms with Crippen molar-refractivity contribution in [3.05, 3.63) is 24.4 Å². The predicted octanol–water partition coefficient (Wildman–Crippen LogP) is 1.25. The van der Waals surface area contributed by atoms with Gasteiger partial charge in [0.05, 0.1) is 0 Å². The van der Waals surface area contributed by atoms with Crippen LogP contribution < -0.4 is 5.73 Å². The smallest absolute Gasteiger partial charge is 0.282 e. The summed E-state index contributed by atoms with van der Waals surface area (Å²) in [6.45, 7) is 0. The van der Waals surface area contributed by atoms with Crippen molar-refractivity contribution in [2.45, 2.75) is 5.03 Å². The van der Waals surface area contributed by atoms with Crippen LogP contribution in [0.2, 0.25) is 0 Å². The molecule has 1 amide bonds. The predicted molar refractivity (Wildman–Crippen MR) is 39.7 cm³/mol. The van der Waals surface area contributed by atoms with Crippen LogP contribution in [0.15, 0.2) is 29.4 Å². The Morgan fingerprint density at radius 3 is 2.90 bits per heavy atom. The molecule has 0 aliphatic heterocycles. The van der Waals surface area contributed by atoms with Gasteiger partial charge in [0.2, 0.25) is 0 Å². The number of aromatic nitrogens is 1. The highest BCUT2D eigenvalue weighted by atomic mass is 32.2. The van der Waals surface area contributed by atoms with Crippen molar-refractivity contribution >= 4 is 17.0 Å². The molecule has 0 spiro atoms. The summed E-state index contributed by atoms with van der Waals surface area (Å²) < 4.78 is 0. The van der Waals surface area contributed by atoms with E-state index in [1.807, 2.05) is 0 Å². The molecule has 0 unspecified atom stereocenters. The van der Waals surface area contributed by atoms with Gasteiger partial charge in [-0.3, -0.25) is 4.79 Å². The first-order valence-electron chi connectivity index (χ1n) is 2.67. The number of nitrogens with two attached hydrogens (primary N) is 1. The molecule has 0 saturated heterocycles. The van der Waals surface area contributed by atoms with Crippen molar-refractivity contribution in [1.29, 1.82) is 0 Å². The fourth-order valence-corrected chi connectivity index (χ4v) is 0.977. The molecule has 1 rings (SSSR count). The van der Waals surface area contributed by atoms with E-state index in [1.165, 1.54) is 0 Å². The van der Waals surface area contributed by atoms with E-state index in [0.717, 1.165) is 11.8 Å². The zero-order valence-corrected chi connectivity index (χ0v) is 5.97. The Labute approximate surface area is 62.6 Å². The van der Waals surface area contributed by atoms with Crippen LogP contribution in [-0.4, -0.2) is 10.2 Å². The fourth-order valence-electron chi connectivity index (χ4n) is 0.511. The van der Waals surface area contributed by atoms with Crippen molar-refractivity contribution in [2.24, 2.45) is 5.73 Å². The summed E-state index contributed by atoms with van der Waals surface area (Å²) in [5.74, 6) is 0. The summed E-state index contributed by atoms with van der Waals surface area (Å²) in [6, 6.07) is 5.32. The van der Waals surface area contributed by atoms with Crippen LogP contribution in [-0.2, 0) is 0 Å². The largest absolute Gasteiger partial charge is 0.360 e. The lowest BCUT2D eigenvalue weighted by molar-refractivity contribution is 0.267. The lowest BCUT2D eigenvalue weighted by atomic mass is 10.5. The molecule has 0 atom stereocenters. The number of carbonyl (C=O) groups is 1. The van der Waals surface area contributed by atoms with E-state index in [0.29, 0.717) is 5.03 Å². The number of rotatable bonds is 1. The quantitative estimate of drug-likeness (QED) is 0.619. The number of nitrogens with zero attached hydrogens (tertiary/aromatic N) is 1. The molecule has 0 bridgehead atoms. The van der Waals surface area contributed by atoms with Crippen molar-refractivity contribution in [3.8, 4) is 0 Å². The van der Waals surface area contributed by atoms with Crippen LogP contribution in [0, 0.1) is 0 Å². The number of hydrogen-bond donors (Lipinski definition) is 1. The van der Waals surface area contributed by atoms with E-state index in [-0.39, 0.29) is 0 Å². The highest BCUT2D eigenvalue weighted by Crippen LogP contribution is 2.12. The summed E-state index contributed by atoms with van der Waals surface area (Å²) in [5.41, 5.74) is 4.91. The first kappa shape index (κ1) is 7.08. The Morgan fingerprint density at radius 1 is 1.60 bits per heavy atom. The molecule has 2 N–H and O–H groups in total. The van der Waals surface area contributed by atoms with Crippen LogP contribution in [0.4, 0.5) is 4.79 Å². The number of pyridine rings is 1. The summed E-state index contributed by atoms with van der Waals surface area (Å²) in [7, 11) is 0. The second-order valence-electron chi connectivity index (χ2n) is 1.59. The van der Waals surface area contributed by atoms with E-state index in [9.17, 15) is 4.79 Å². The molecule has 1 aromatic rings. The van der Waals surface area contributed by atoms with Crippen molar-refractivity contribution in [3.63, 3.8) is 0 Å². The molecule has 4 heteroatoms. The highest BCUT2D eigenvalue weighted by Gasteiger charge is 1.96. The molecule has 10 heavy (non-hydrogen) atoms. The molecule has 1 aromatic heterocycles. The van der Waals surface area contributed by atoms with Gasteiger partial charge in [-0.1, -0.05) is 6.07 Å². The molecule has 52 valence electrons.